The minimum atomic E-state index is 0.604. The lowest BCUT2D eigenvalue weighted by atomic mass is 10.2. The fourth-order valence-corrected chi connectivity index (χ4v) is 3.04. The molecule has 0 unspecified atom stereocenters. The molecule has 21 heavy (non-hydrogen) atoms. The quantitative estimate of drug-likeness (QED) is 0.843. The van der Waals surface area contributed by atoms with E-state index in [0.29, 0.717) is 19.8 Å². The normalized spacial score (nSPS) is 13.0. The zero-order valence-corrected chi connectivity index (χ0v) is 13.3. The number of hydrogen-bond donors (Lipinski definition) is 1. The Hall–Kier alpha value is -1.52. The van der Waals surface area contributed by atoms with E-state index in [4.69, 9.17) is 21.1 Å². The highest BCUT2D eigenvalue weighted by atomic mass is 35.5. The van der Waals surface area contributed by atoms with Crippen molar-refractivity contribution in [2.45, 2.75) is 11.4 Å². The van der Waals surface area contributed by atoms with Crippen molar-refractivity contribution in [3.8, 4) is 11.5 Å². The Balaban J connectivity index is 1.81. The van der Waals surface area contributed by atoms with Crippen molar-refractivity contribution < 1.29 is 9.47 Å². The molecule has 2 aromatic rings. The summed E-state index contributed by atoms with van der Waals surface area (Å²) in [5.41, 5.74) is 2.19. The lowest BCUT2D eigenvalue weighted by Crippen LogP contribution is -2.16. The zero-order valence-electron chi connectivity index (χ0n) is 11.7. The van der Waals surface area contributed by atoms with Crippen LogP contribution in [0, 0.1) is 0 Å². The van der Waals surface area contributed by atoms with Crippen LogP contribution in [-0.2, 0) is 6.54 Å². The number of benzene rings is 2. The van der Waals surface area contributed by atoms with Gasteiger partial charge in [0, 0.05) is 22.2 Å². The maximum Gasteiger partial charge on any atom is 0.162 e. The van der Waals surface area contributed by atoms with Crippen LogP contribution < -0.4 is 14.8 Å². The van der Waals surface area contributed by atoms with Gasteiger partial charge in [0.25, 0.3) is 0 Å². The minimum Gasteiger partial charge on any atom is -0.486 e. The Bertz CT molecular complexity index is 648. The number of anilines is 1. The molecular formula is C16H16ClNO2S. The van der Waals surface area contributed by atoms with Gasteiger partial charge < -0.3 is 14.8 Å². The molecule has 2 aromatic carbocycles. The van der Waals surface area contributed by atoms with Crippen molar-refractivity contribution in [2.75, 3.05) is 24.8 Å². The highest BCUT2D eigenvalue weighted by Crippen LogP contribution is 2.36. The third kappa shape index (κ3) is 3.39. The van der Waals surface area contributed by atoms with E-state index in [-0.39, 0.29) is 0 Å². The number of fused-ring (bicyclic) bond motifs is 1. The molecule has 1 N–H and O–H groups in total. The molecule has 0 atom stereocenters. The van der Waals surface area contributed by atoms with Crippen LogP contribution in [-0.4, -0.2) is 19.5 Å². The molecule has 0 aliphatic carbocycles. The molecule has 0 amide bonds. The standard InChI is InChI=1S/C16H16ClNO2S/c1-21-16-9-15-14(19-5-6-20-15)7-11(16)10-18-13-4-2-3-12(17)8-13/h2-4,7-9,18H,5-6,10H2,1H3. The SMILES string of the molecule is CSc1cc2c(cc1CNc1cccc(Cl)c1)OCCO2. The van der Waals surface area contributed by atoms with Gasteiger partial charge in [-0.1, -0.05) is 17.7 Å². The first-order valence-electron chi connectivity index (χ1n) is 6.72. The Labute approximate surface area is 133 Å². The molecule has 0 radical (unpaired) electrons. The molecule has 3 rings (SSSR count). The molecule has 110 valence electrons. The summed E-state index contributed by atoms with van der Waals surface area (Å²) in [7, 11) is 0. The first-order valence-corrected chi connectivity index (χ1v) is 8.32. The summed E-state index contributed by atoms with van der Waals surface area (Å²) in [4.78, 5) is 1.19. The molecule has 1 heterocycles. The monoisotopic (exact) mass is 321 g/mol. The van der Waals surface area contributed by atoms with Gasteiger partial charge in [0.15, 0.2) is 11.5 Å². The van der Waals surface area contributed by atoms with E-state index in [0.717, 1.165) is 22.2 Å². The largest absolute Gasteiger partial charge is 0.486 e. The first kappa shape index (κ1) is 14.4. The van der Waals surface area contributed by atoms with Gasteiger partial charge in [-0.3, -0.25) is 0 Å². The highest BCUT2D eigenvalue weighted by Gasteiger charge is 2.15. The fourth-order valence-electron chi connectivity index (χ4n) is 2.24. The molecular weight excluding hydrogens is 306 g/mol. The molecule has 1 aliphatic heterocycles. The molecule has 0 aromatic heterocycles. The van der Waals surface area contributed by atoms with Crippen molar-refractivity contribution in [3.05, 3.63) is 47.0 Å². The van der Waals surface area contributed by atoms with Crippen LogP contribution in [0.2, 0.25) is 5.02 Å². The second kappa shape index (κ2) is 6.50. The van der Waals surface area contributed by atoms with Gasteiger partial charge >= 0.3 is 0 Å². The lowest BCUT2D eigenvalue weighted by molar-refractivity contribution is 0.171. The number of halogens is 1. The number of hydrogen-bond acceptors (Lipinski definition) is 4. The van der Waals surface area contributed by atoms with Crippen LogP contribution in [0.1, 0.15) is 5.56 Å². The van der Waals surface area contributed by atoms with Gasteiger partial charge in [-0.15, -0.1) is 11.8 Å². The van der Waals surface area contributed by atoms with E-state index < -0.39 is 0 Å². The molecule has 0 saturated carbocycles. The summed E-state index contributed by atoms with van der Waals surface area (Å²) in [6.07, 6.45) is 2.06. The van der Waals surface area contributed by atoms with E-state index >= 15 is 0 Å². The predicted molar refractivity (Wildman–Crippen MR) is 88.0 cm³/mol. The van der Waals surface area contributed by atoms with Crippen molar-refractivity contribution in [1.29, 1.82) is 0 Å². The molecule has 0 spiro atoms. The van der Waals surface area contributed by atoms with E-state index in [1.54, 1.807) is 11.8 Å². The van der Waals surface area contributed by atoms with Crippen LogP contribution in [0.15, 0.2) is 41.3 Å². The third-order valence-electron chi connectivity index (χ3n) is 3.25. The van der Waals surface area contributed by atoms with E-state index in [1.807, 2.05) is 30.3 Å². The zero-order chi connectivity index (χ0) is 14.7. The Kier molecular flexibility index (Phi) is 4.46. The summed E-state index contributed by atoms with van der Waals surface area (Å²) in [5.74, 6) is 1.65. The summed E-state index contributed by atoms with van der Waals surface area (Å²) in [5, 5.41) is 4.12. The molecule has 0 saturated heterocycles. The van der Waals surface area contributed by atoms with Gasteiger partial charge in [-0.25, -0.2) is 0 Å². The van der Waals surface area contributed by atoms with Crippen molar-refractivity contribution in [1.82, 2.24) is 0 Å². The van der Waals surface area contributed by atoms with Crippen LogP contribution in [0.4, 0.5) is 5.69 Å². The molecule has 0 bridgehead atoms. The van der Waals surface area contributed by atoms with E-state index in [9.17, 15) is 0 Å². The Morgan fingerprint density at radius 1 is 1.14 bits per heavy atom. The Morgan fingerprint density at radius 2 is 1.90 bits per heavy atom. The number of ether oxygens (including phenoxy) is 2. The van der Waals surface area contributed by atoms with Gasteiger partial charge in [-0.2, -0.15) is 0 Å². The maximum absolute atomic E-state index is 6.00. The smallest absolute Gasteiger partial charge is 0.162 e. The number of nitrogens with one attached hydrogen (secondary N) is 1. The van der Waals surface area contributed by atoms with Crippen molar-refractivity contribution in [3.63, 3.8) is 0 Å². The van der Waals surface area contributed by atoms with E-state index in [1.165, 1.54) is 10.5 Å². The second-order valence-corrected chi connectivity index (χ2v) is 5.96. The molecule has 1 aliphatic rings. The van der Waals surface area contributed by atoms with Gasteiger partial charge in [0.05, 0.1) is 0 Å². The minimum absolute atomic E-state index is 0.604. The van der Waals surface area contributed by atoms with Gasteiger partial charge in [-0.05, 0) is 42.2 Å². The summed E-state index contributed by atoms with van der Waals surface area (Å²) < 4.78 is 11.3. The topological polar surface area (TPSA) is 30.5 Å². The molecule has 3 nitrogen and oxygen atoms in total. The van der Waals surface area contributed by atoms with Crippen LogP contribution in [0.5, 0.6) is 11.5 Å². The average Bonchev–Trinajstić information content (AvgIpc) is 2.52. The fraction of sp³-hybridized carbons (Fsp3) is 0.250. The van der Waals surface area contributed by atoms with Gasteiger partial charge in [0.2, 0.25) is 0 Å². The second-order valence-electron chi connectivity index (χ2n) is 4.67. The highest BCUT2D eigenvalue weighted by molar-refractivity contribution is 7.98. The average molecular weight is 322 g/mol. The summed E-state index contributed by atoms with van der Waals surface area (Å²) >= 11 is 7.70. The molecule has 5 heteroatoms. The number of thioether (sulfide) groups is 1. The summed E-state index contributed by atoms with van der Waals surface area (Å²) in [6.45, 7) is 1.93. The van der Waals surface area contributed by atoms with Crippen molar-refractivity contribution >= 4 is 29.1 Å². The van der Waals surface area contributed by atoms with E-state index in [2.05, 4.69) is 17.6 Å². The predicted octanol–water partition coefficient (Wildman–Crippen LogP) is 4.45. The summed E-state index contributed by atoms with van der Waals surface area (Å²) in [6, 6.07) is 11.8. The Morgan fingerprint density at radius 3 is 2.62 bits per heavy atom. The third-order valence-corrected chi connectivity index (χ3v) is 4.31. The maximum atomic E-state index is 6.00. The molecule has 0 fully saturated rings. The van der Waals surface area contributed by atoms with Crippen molar-refractivity contribution in [2.24, 2.45) is 0 Å². The lowest BCUT2D eigenvalue weighted by Gasteiger charge is -2.21. The van der Waals surface area contributed by atoms with Crippen LogP contribution in [0.25, 0.3) is 0 Å². The number of rotatable bonds is 4. The van der Waals surface area contributed by atoms with Crippen LogP contribution >= 0.6 is 23.4 Å². The van der Waals surface area contributed by atoms with Crippen LogP contribution in [0.3, 0.4) is 0 Å². The van der Waals surface area contributed by atoms with Gasteiger partial charge in [0.1, 0.15) is 13.2 Å². The first-order chi connectivity index (χ1) is 10.3.